The van der Waals surface area contributed by atoms with Crippen LogP contribution in [-0.4, -0.2) is 26.4 Å². The minimum Gasteiger partial charge on any atom is -0.349 e. The van der Waals surface area contributed by atoms with Gasteiger partial charge >= 0.3 is 0 Å². The Kier molecular flexibility index (Phi) is 5.50. The lowest BCUT2D eigenvalue weighted by molar-refractivity contribution is -0.119. The number of fused-ring (bicyclic) bond motifs is 1. The second-order valence-electron chi connectivity index (χ2n) is 5.70. The molecule has 1 aromatic heterocycles. The van der Waals surface area contributed by atoms with Crippen LogP contribution >= 0.6 is 11.8 Å². The minimum atomic E-state index is -0.0646. The number of allylic oxidation sites excluding steroid dienone is 1. The summed E-state index contributed by atoms with van der Waals surface area (Å²) in [5, 5.41) is 14.0. The summed E-state index contributed by atoms with van der Waals surface area (Å²) in [6.45, 7) is 6.34. The van der Waals surface area contributed by atoms with Crippen LogP contribution in [0.25, 0.3) is 10.8 Å². The highest BCUT2D eigenvalue weighted by Crippen LogP contribution is 2.24. The van der Waals surface area contributed by atoms with Crippen molar-refractivity contribution in [1.82, 2.24) is 20.1 Å². The van der Waals surface area contributed by atoms with E-state index in [-0.39, 0.29) is 11.9 Å². The Bertz CT molecular complexity index is 885. The van der Waals surface area contributed by atoms with Crippen LogP contribution in [0.5, 0.6) is 0 Å². The normalized spacial score (nSPS) is 12.0. The van der Waals surface area contributed by atoms with Crippen molar-refractivity contribution >= 4 is 28.4 Å². The standard InChI is InChI=1S/C19H20N4OS/c1-3-11-23-13-20-22-19(23)25-12-18(24)21-14(2)16-10-6-8-15-7-4-5-9-17(15)16/h3-10,13-14H,1,11-12H2,2H3,(H,21,24)/t14-/m0/s1. The van der Waals surface area contributed by atoms with E-state index in [4.69, 9.17) is 0 Å². The number of carbonyl (C=O) groups excluding carboxylic acids is 1. The van der Waals surface area contributed by atoms with E-state index < -0.39 is 0 Å². The van der Waals surface area contributed by atoms with Crippen molar-refractivity contribution in [3.63, 3.8) is 0 Å². The van der Waals surface area contributed by atoms with Crippen LogP contribution in [0.4, 0.5) is 0 Å². The smallest absolute Gasteiger partial charge is 0.230 e. The van der Waals surface area contributed by atoms with Crippen LogP contribution in [0.15, 0.2) is 66.6 Å². The predicted octanol–water partition coefficient (Wildman–Crippen LogP) is 3.59. The fourth-order valence-electron chi connectivity index (χ4n) is 2.74. The summed E-state index contributed by atoms with van der Waals surface area (Å²) in [5.41, 5.74) is 1.12. The van der Waals surface area contributed by atoms with E-state index in [9.17, 15) is 4.79 Å². The van der Waals surface area contributed by atoms with Gasteiger partial charge in [0.25, 0.3) is 0 Å². The third-order valence-electron chi connectivity index (χ3n) is 3.91. The summed E-state index contributed by atoms with van der Waals surface area (Å²) >= 11 is 1.37. The van der Waals surface area contributed by atoms with Gasteiger partial charge < -0.3 is 9.88 Å². The lowest BCUT2D eigenvalue weighted by Crippen LogP contribution is -2.28. The third kappa shape index (κ3) is 4.09. The first-order valence-corrected chi connectivity index (χ1v) is 9.06. The molecule has 0 bridgehead atoms. The zero-order chi connectivity index (χ0) is 17.6. The summed E-state index contributed by atoms with van der Waals surface area (Å²) in [4.78, 5) is 12.3. The van der Waals surface area contributed by atoms with Crippen molar-refractivity contribution in [3.8, 4) is 0 Å². The van der Waals surface area contributed by atoms with E-state index in [2.05, 4.69) is 46.4 Å². The average molecular weight is 352 g/mol. The van der Waals surface area contributed by atoms with E-state index in [0.29, 0.717) is 17.5 Å². The molecule has 3 aromatic rings. The van der Waals surface area contributed by atoms with Gasteiger partial charge in [-0.25, -0.2) is 0 Å². The average Bonchev–Trinajstić information content (AvgIpc) is 3.07. The Labute approximate surface area is 151 Å². The number of hydrogen-bond acceptors (Lipinski definition) is 4. The SMILES string of the molecule is C=CCn1cnnc1SCC(=O)N[C@@H](C)c1cccc2ccccc12. The number of carbonyl (C=O) groups is 1. The Morgan fingerprint density at radius 1 is 1.32 bits per heavy atom. The van der Waals surface area contributed by atoms with E-state index >= 15 is 0 Å². The maximum absolute atomic E-state index is 12.3. The van der Waals surface area contributed by atoms with Gasteiger partial charge in [0, 0.05) is 6.54 Å². The third-order valence-corrected chi connectivity index (χ3v) is 4.89. The quantitative estimate of drug-likeness (QED) is 0.521. The molecule has 0 aliphatic heterocycles. The van der Waals surface area contributed by atoms with Crippen LogP contribution in [0, 0.1) is 0 Å². The molecule has 0 saturated heterocycles. The highest BCUT2D eigenvalue weighted by molar-refractivity contribution is 7.99. The molecule has 0 spiro atoms. The Morgan fingerprint density at radius 2 is 2.12 bits per heavy atom. The molecule has 25 heavy (non-hydrogen) atoms. The zero-order valence-electron chi connectivity index (χ0n) is 14.1. The summed E-state index contributed by atoms with van der Waals surface area (Å²) in [6, 6.07) is 14.3. The summed E-state index contributed by atoms with van der Waals surface area (Å²) in [5.74, 6) is 0.267. The largest absolute Gasteiger partial charge is 0.349 e. The molecule has 0 fully saturated rings. The first-order valence-electron chi connectivity index (χ1n) is 8.07. The molecule has 0 saturated carbocycles. The molecule has 3 rings (SSSR count). The zero-order valence-corrected chi connectivity index (χ0v) is 14.9. The van der Waals surface area contributed by atoms with Crippen LogP contribution in [0.3, 0.4) is 0 Å². The first kappa shape index (κ1) is 17.2. The second-order valence-corrected chi connectivity index (χ2v) is 6.64. The molecule has 2 aromatic carbocycles. The number of thioether (sulfide) groups is 1. The molecule has 1 amide bonds. The van der Waals surface area contributed by atoms with Gasteiger partial charge in [-0.3, -0.25) is 4.79 Å². The molecule has 6 heteroatoms. The fourth-order valence-corrected chi connectivity index (χ4v) is 3.48. The molecular formula is C19H20N4OS. The van der Waals surface area contributed by atoms with Gasteiger partial charge in [-0.05, 0) is 23.3 Å². The van der Waals surface area contributed by atoms with E-state index in [1.165, 1.54) is 17.1 Å². The number of nitrogens with zero attached hydrogens (tertiary/aromatic N) is 3. The highest BCUT2D eigenvalue weighted by Gasteiger charge is 2.13. The first-order chi connectivity index (χ1) is 12.2. The van der Waals surface area contributed by atoms with Gasteiger partial charge in [0.05, 0.1) is 11.8 Å². The van der Waals surface area contributed by atoms with Crippen molar-refractivity contribution in [3.05, 3.63) is 67.0 Å². The monoisotopic (exact) mass is 352 g/mol. The van der Waals surface area contributed by atoms with E-state index in [1.807, 2.05) is 29.7 Å². The van der Waals surface area contributed by atoms with E-state index in [0.717, 1.165) is 10.9 Å². The van der Waals surface area contributed by atoms with Gasteiger partial charge in [-0.2, -0.15) is 0 Å². The summed E-state index contributed by atoms with van der Waals surface area (Å²) < 4.78 is 1.86. The Balaban J connectivity index is 1.64. The van der Waals surface area contributed by atoms with Gasteiger partial charge in [-0.1, -0.05) is 60.3 Å². The van der Waals surface area contributed by atoms with Gasteiger partial charge in [0.15, 0.2) is 5.16 Å². The lowest BCUT2D eigenvalue weighted by Gasteiger charge is -2.16. The van der Waals surface area contributed by atoms with Gasteiger partial charge in [-0.15, -0.1) is 16.8 Å². The Morgan fingerprint density at radius 3 is 2.96 bits per heavy atom. The molecule has 128 valence electrons. The molecule has 1 N–H and O–H groups in total. The lowest BCUT2D eigenvalue weighted by atomic mass is 10.00. The van der Waals surface area contributed by atoms with Gasteiger partial charge in [0.2, 0.25) is 5.91 Å². The molecule has 5 nitrogen and oxygen atoms in total. The van der Waals surface area contributed by atoms with Crippen LogP contribution in [0.1, 0.15) is 18.5 Å². The van der Waals surface area contributed by atoms with E-state index in [1.54, 1.807) is 12.4 Å². The number of benzene rings is 2. The van der Waals surface area contributed by atoms with Gasteiger partial charge in [0.1, 0.15) is 6.33 Å². The van der Waals surface area contributed by atoms with Crippen molar-refractivity contribution in [2.75, 3.05) is 5.75 Å². The Hall–Kier alpha value is -2.60. The molecule has 0 aliphatic carbocycles. The number of amides is 1. The molecule has 0 aliphatic rings. The maximum Gasteiger partial charge on any atom is 0.230 e. The fraction of sp³-hybridized carbons (Fsp3) is 0.211. The number of aromatic nitrogens is 3. The summed E-state index contributed by atoms with van der Waals surface area (Å²) in [6.07, 6.45) is 3.41. The molecule has 0 unspecified atom stereocenters. The van der Waals surface area contributed by atoms with Crippen molar-refractivity contribution in [2.24, 2.45) is 0 Å². The van der Waals surface area contributed by atoms with Crippen molar-refractivity contribution in [1.29, 1.82) is 0 Å². The molecular weight excluding hydrogens is 332 g/mol. The number of hydrogen-bond donors (Lipinski definition) is 1. The van der Waals surface area contributed by atoms with Crippen LogP contribution < -0.4 is 5.32 Å². The molecule has 1 heterocycles. The molecule has 0 radical (unpaired) electrons. The minimum absolute atomic E-state index is 0.0291. The summed E-state index contributed by atoms with van der Waals surface area (Å²) in [7, 11) is 0. The topological polar surface area (TPSA) is 59.8 Å². The second kappa shape index (κ2) is 7.98. The van der Waals surface area contributed by atoms with Crippen molar-refractivity contribution in [2.45, 2.75) is 24.7 Å². The number of rotatable bonds is 7. The van der Waals surface area contributed by atoms with Crippen molar-refractivity contribution < 1.29 is 4.79 Å². The maximum atomic E-state index is 12.3. The molecule has 1 atom stereocenters. The highest BCUT2D eigenvalue weighted by atomic mass is 32.2. The van der Waals surface area contributed by atoms with Crippen LogP contribution in [-0.2, 0) is 11.3 Å². The van der Waals surface area contributed by atoms with Crippen LogP contribution in [0.2, 0.25) is 0 Å². The number of nitrogens with one attached hydrogen (secondary N) is 1. The predicted molar refractivity (Wildman–Crippen MR) is 101 cm³/mol.